The number of carboxylic acid groups (broad SMARTS) is 1. The summed E-state index contributed by atoms with van der Waals surface area (Å²) in [5.74, 6) is -1.12. The van der Waals surface area contributed by atoms with Crippen molar-refractivity contribution < 1.29 is 14.7 Å². The maximum absolute atomic E-state index is 11.5. The van der Waals surface area contributed by atoms with E-state index in [2.05, 4.69) is 5.32 Å². The second kappa shape index (κ2) is 8.10. The molecule has 0 spiro atoms. The van der Waals surface area contributed by atoms with Crippen LogP contribution in [0.2, 0.25) is 0 Å². The summed E-state index contributed by atoms with van der Waals surface area (Å²) in [4.78, 5) is 22.3. The first-order valence-corrected chi connectivity index (χ1v) is 5.73. The predicted molar refractivity (Wildman–Crippen MR) is 61.9 cm³/mol. The molecule has 16 heavy (non-hydrogen) atoms. The highest BCUT2D eigenvalue weighted by Gasteiger charge is 2.19. The first-order valence-electron chi connectivity index (χ1n) is 5.73. The van der Waals surface area contributed by atoms with E-state index in [0.29, 0.717) is 13.0 Å². The number of hydrogen-bond donors (Lipinski definition) is 3. The SMILES string of the molecule is CCCCC(NC(=O)CC(C)CN)C(=O)O. The minimum atomic E-state index is -0.970. The number of rotatable bonds is 8. The molecule has 0 radical (unpaired) electrons. The summed E-state index contributed by atoms with van der Waals surface area (Å²) >= 11 is 0. The van der Waals surface area contributed by atoms with Gasteiger partial charge in [-0.25, -0.2) is 4.79 Å². The van der Waals surface area contributed by atoms with Crippen molar-refractivity contribution in [1.29, 1.82) is 0 Å². The van der Waals surface area contributed by atoms with E-state index in [1.165, 1.54) is 0 Å². The number of nitrogens with one attached hydrogen (secondary N) is 1. The van der Waals surface area contributed by atoms with Gasteiger partial charge >= 0.3 is 5.97 Å². The Morgan fingerprint density at radius 1 is 1.44 bits per heavy atom. The van der Waals surface area contributed by atoms with Gasteiger partial charge in [0.25, 0.3) is 0 Å². The second-order valence-electron chi connectivity index (χ2n) is 4.15. The van der Waals surface area contributed by atoms with Gasteiger partial charge in [0.15, 0.2) is 0 Å². The van der Waals surface area contributed by atoms with E-state index in [0.717, 1.165) is 12.8 Å². The number of aliphatic carboxylic acids is 1. The van der Waals surface area contributed by atoms with Gasteiger partial charge in [-0.3, -0.25) is 4.79 Å². The first-order chi connectivity index (χ1) is 7.51. The van der Waals surface area contributed by atoms with Gasteiger partial charge in [-0.1, -0.05) is 26.7 Å². The van der Waals surface area contributed by atoms with Crippen LogP contribution in [0.1, 0.15) is 39.5 Å². The minimum absolute atomic E-state index is 0.0839. The Morgan fingerprint density at radius 2 is 2.06 bits per heavy atom. The third kappa shape index (κ3) is 6.40. The molecule has 5 heteroatoms. The Kier molecular flexibility index (Phi) is 7.54. The summed E-state index contributed by atoms with van der Waals surface area (Å²) < 4.78 is 0. The average Bonchev–Trinajstić information content (AvgIpc) is 2.23. The lowest BCUT2D eigenvalue weighted by molar-refractivity contribution is -0.142. The molecule has 0 rings (SSSR count). The van der Waals surface area contributed by atoms with Crippen LogP contribution >= 0.6 is 0 Å². The Bertz CT molecular complexity index is 231. The number of hydrogen-bond acceptors (Lipinski definition) is 3. The standard InChI is InChI=1S/C11H22N2O3/c1-3-4-5-9(11(15)16)13-10(14)6-8(2)7-12/h8-9H,3-7,12H2,1-2H3,(H,13,14)(H,15,16). The molecule has 2 atom stereocenters. The van der Waals surface area contributed by atoms with Gasteiger partial charge in [0, 0.05) is 6.42 Å². The van der Waals surface area contributed by atoms with Gasteiger partial charge < -0.3 is 16.2 Å². The van der Waals surface area contributed by atoms with Crippen LogP contribution in [-0.2, 0) is 9.59 Å². The van der Waals surface area contributed by atoms with E-state index in [1.54, 1.807) is 0 Å². The summed E-state index contributed by atoms with van der Waals surface area (Å²) in [5.41, 5.74) is 5.39. The molecule has 0 saturated carbocycles. The van der Waals surface area contributed by atoms with Crippen molar-refractivity contribution in [3.05, 3.63) is 0 Å². The molecule has 5 nitrogen and oxygen atoms in total. The van der Waals surface area contributed by atoms with Crippen molar-refractivity contribution in [2.24, 2.45) is 11.7 Å². The fourth-order valence-electron chi connectivity index (χ4n) is 1.32. The normalized spacial score (nSPS) is 14.2. The molecule has 0 aliphatic carbocycles. The molecule has 4 N–H and O–H groups in total. The summed E-state index contributed by atoms with van der Waals surface area (Å²) in [6.45, 7) is 4.28. The summed E-state index contributed by atoms with van der Waals surface area (Å²) in [7, 11) is 0. The van der Waals surface area contributed by atoms with Gasteiger partial charge in [-0.2, -0.15) is 0 Å². The zero-order valence-electron chi connectivity index (χ0n) is 10.0. The summed E-state index contributed by atoms with van der Waals surface area (Å²) in [6, 6.07) is -0.766. The Morgan fingerprint density at radius 3 is 2.50 bits per heavy atom. The molecule has 0 aromatic heterocycles. The number of carbonyl (C=O) groups excluding carboxylic acids is 1. The lowest BCUT2D eigenvalue weighted by Crippen LogP contribution is -2.41. The molecule has 0 aromatic rings. The number of nitrogens with two attached hydrogens (primary N) is 1. The van der Waals surface area contributed by atoms with Crippen molar-refractivity contribution in [2.75, 3.05) is 6.54 Å². The molecule has 0 aliphatic rings. The van der Waals surface area contributed by atoms with Crippen molar-refractivity contribution in [2.45, 2.75) is 45.6 Å². The highest BCUT2D eigenvalue weighted by atomic mass is 16.4. The Hall–Kier alpha value is -1.10. The van der Waals surface area contributed by atoms with Gasteiger partial charge in [0.2, 0.25) is 5.91 Å². The predicted octanol–water partition coefficient (Wildman–Crippen LogP) is 0.731. The van der Waals surface area contributed by atoms with Crippen LogP contribution in [0.3, 0.4) is 0 Å². The molecule has 1 amide bonds. The maximum atomic E-state index is 11.5. The smallest absolute Gasteiger partial charge is 0.326 e. The number of unbranched alkanes of at least 4 members (excludes halogenated alkanes) is 1. The average molecular weight is 230 g/mol. The lowest BCUT2D eigenvalue weighted by Gasteiger charge is -2.15. The van der Waals surface area contributed by atoms with Gasteiger partial charge in [0.05, 0.1) is 0 Å². The second-order valence-corrected chi connectivity index (χ2v) is 4.15. The topological polar surface area (TPSA) is 92.4 Å². The van der Waals surface area contributed by atoms with Crippen molar-refractivity contribution >= 4 is 11.9 Å². The van der Waals surface area contributed by atoms with Crippen LogP contribution in [0, 0.1) is 5.92 Å². The zero-order chi connectivity index (χ0) is 12.6. The van der Waals surface area contributed by atoms with E-state index < -0.39 is 12.0 Å². The number of carboxylic acids is 1. The number of amides is 1. The molecule has 0 aromatic carbocycles. The van der Waals surface area contributed by atoms with Gasteiger partial charge in [0.1, 0.15) is 6.04 Å². The fourth-order valence-corrected chi connectivity index (χ4v) is 1.32. The summed E-state index contributed by atoms with van der Waals surface area (Å²) in [5, 5.41) is 11.4. The molecular weight excluding hydrogens is 208 g/mol. The van der Waals surface area contributed by atoms with Gasteiger partial charge in [-0.05, 0) is 18.9 Å². The van der Waals surface area contributed by atoms with Crippen molar-refractivity contribution in [1.82, 2.24) is 5.32 Å². The van der Waals surface area contributed by atoms with Crippen molar-refractivity contribution in [3.63, 3.8) is 0 Å². The molecule has 0 heterocycles. The number of carbonyl (C=O) groups is 2. The summed E-state index contributed by atoms with van der Waals surface area (Å²) in [6.07, 6.45) is 2.48. The van der Waals surface area contributed by atoms with E-state index in [4.69, 9.17) is 10.8 Å². The lowest BCUT2D eigenvalue weighted by atomic mass is 10.1. The molecular formula is C11H22N2O3. The van der Waals surface area contributed by atoms with E-state index in [-0.39, 0.29) is 18.2 Å². The Balaban J connectivity index is 4.07. The fraction of sp³-hybridized carbons (Fsp3) is 0.818. The highest BCUT2D eigenvalue weighted by Crippen LogP contribution is 2.03. The largest absolute Gasteiger partial charge is 0.480 e. The Labute approximate surface area is 96.4 Å². The monoisotopic (exact) mass is 230 g/mol. The molecule has 0 saturated heterocycles. The van der Waals surface area contributed by atoms with Crippen LogP contribution in [0.15, 0.2) is 0 Å². The molecule has 0 bridgehead atoms. The first kappa shape index (κ1) is 14.9. The van der Waals surface area contributed by atoms with Gasteiger partial charge in [-0.15, -0.1) is 0 Å². The van der Waals surface area contributed by atoms with Crippen LogP contribution < -0.4 is 11.1 Å². The molecule has 2 unspecified atom stereocenters. The van der Waals surface area contributed by atoms with Crippen molar-refractivity contribution in [3.8, 4) is 0 Å². The zero-order valence-corrected chi connectivity index (χ0v) is 10.0. The minimum Gasteiger partial charge on any atom is -0.480 e. The van der Waals surface area contributed by atoms with Crippen LogP contribution in [0.25, 0.3) is 0 Å². The quantitative estimate of drug-likeness (QED) is 0.573. The van der Waals surface area contributed by atoms with E-state index in [1.807, 2.05) is 13.8 Å². The third-order valence-electron chi connectivity index (χ3n) is 2.42. The maximum Gasteiger partial charge on any atom is 0.326 e. The van der Waals surface area contributed by atoms with Crippen LogP contribution in [-0.4, -0.2) is 29.6 Å². The third-order valence-corrected chi connectivity index (χ3v) is 2.42. The highest BCUT2D eigenvalue weighted by molar-refractivity contribution is 5.83. The van der Waals surface area contributed by atoms with Crippen LogP contribution in [0.4, 0.5) is 0 Å². The molecule has 94 valence electrons. The van der Waals surface area contributed by atoms with E-state index >= 15 is 0 Å². The molecule has 0 fully saturated rings. The van der Waals surface area contributed by atoms with E-state index in [9.17, 15) is 9.59 Å². The molecule has 0 aliphatic heterocycles. The van der Waals surface area contributed by atoms with Crippen LogP contribution in [0.5, 0.6) is 0 Å².